The number of aliphatic hydroxyl groups is 6. The molecule has 0 amide bonds. The molecule has 44 heavy (non-hydrogen) atoms. The summed E-state index contributed by atoms with van der Waals surface area (Å²) >= 11 is 0. The lowest BCUT2D eigenvalue weighted by atomic mass is 9.38. The van der Waals surface area contributed by atoms with Gasteiger partial charge >= 0.3 is 0 Å². The minimum Gasteiger partial charge on any atom is -0.394 e. The van der Waals surface area contributed by atoms with Crippen LogP contribution in [0.2, 0.25) is 0 Å². The SMILES string of the molecule is C[C@H](CC[C@@H](O)C(C)(C)O)[C@H]1CC[C@@]2(C)[C@@H]3CC=C4C(CC[C@H](O[C@H]5C[C@@H](O)[C@H](O)[C@@H](CO)O5)C4(C)C)[C@]3(C)[C@H](O)C[C@]12C. The maximum absolute atomic E-state index is 12.2. The summed E-state index contributed by atoms with van der Waals surface area (Å²) in [5, 5.41) is 63.2. The highest BCUT2D eigenvalue weighted by Crippen LogP contribution is 2.75. The van der Waals surface area contributed by atoms with Gasteiger partial charge < -0.3 is 40.1 Å². The second-order valence-electron chi connectivity index (χ2n) is 17.3. The van der Waals surface area contributed by atoms with Gasteiger partial charge in [0.25, 0.3) is 0 Å². The summed E-state index contributed by atoms with van der Waals surface area (Å²) < 4.78 is 12.4. The molecule has 0 radical (unpaired) electrons. The predicted octanol–water partition coefficient (Wildman–Crippen LogP) is 4.32. The van der Waals surface area contributed by atoms with Crippen molar-refractivity contribution in [3.05, 3.63) is 11.6 Å². The quantitative estimate of drug-likeness (QED) is 0.220. The number of ether oxygens (including phenoxy) is 2. The summed E-state index contributed by atoms with van der Waals surface area (Å²) in [5.74, 6) is 1.45. The first-order chi connectivity index (χ1) is 20.3. The molecule has 14 atom stereocenters. The Labute approximate surface area is 265 Å². The van der Waals surface area contributed by atoms with Gasteiger partial charge in [-0.1, -0.05) is 53.2 Å². The fraction of sp³-hybridized carbons (Fsp3) is 0.944. The van der Waals surface area contributed by atoms with Gasteiger partial charge in [0.15, 0.2) is 6.29 Å². The third-order valence-corrected chi connectivity index (χ3v) is 14.3. The van der Waals surface area contributed by atoms with Crippen molar-refractivity contribution in [2.45, 2.75) is 162 Å². The van der Waals surface area contributed by atoms with Crippen LogP contribution in [-0.4, -0.2) is 85.8 Å². The first-order valence-corrected chi connectivity index (χ1v) is 17.4. The number of hydrogen-bond donors (Lipinski definition) is 6. The van der Waals surface area contributed by atoms with Crippen molar-refractivity contribution < 1.29 is 40.1 Å². The van der Waals surface area contributed by atoms with Gasteiger partial charge in [0.1, 0.15) is 12.2 Å². The van der Waals surface area contributed by atoms with Gasteiger partial charge in [-0.25, -0.2) is 0 Å². The zero-order chi connectivity index (χ0) is 32.6. The van der Waals surface area contributed by atoms with Crippen LogP contribution in [0.25, 0.3) is 0 Å². The Hall–Kier alpha value is -0.580. The molecule has 4 fully saturated rings. The van der Waals surface area contributed by atoms with E-state index in [1.165, 1.54) is 5.57 Å². The molecule has 0 bridgehead atoms. The third-order valence-electron chi connectivity index (χ3n) is 14.3. The van der Waals surface area contributed by atoms with Gasteiger partial charge in [0.2, 0.25) is 0 Å². The Morgan fingerprint density at radius 3 is 2.34 bits per heavy atom. The van der Waals surface area contributed by atoms with Gasteiger partial charge in [0, 0.05) is 17.3 Å². The average Bonchev–Trinajstić information content (AvgIpc) is 3.20. The summed E-state index contributed by atoms with van der Waals surface area (Å²) in [5.41, 5.74) is -0.220. The Kier molecular flexibility index (Phi) is 9.35. The van der Waals surface area contributed by atoms with Crippen molar-refractivity contribution in [3.8, 4) is 0 Å². The second kappa shape index (κ2) is 11.8. The standard InChI is InChI=1S/C36H62O8/c1-20(9-13-27(39)33(4,5)42)21-15-16-34(6)26-12-10-22-23(36(26,8)28(40)18-35(21,34)7)11-14-29(32(22,2)3)44-30-17-24(38)31(41)25(19-37)43-30/h10,20-21,23-31,37-42H,9,11-19H2,1-8H3/t20-,21-,23?,24-,25-,26+,27-,28-,29+,30+,31+,34+,35-,36+/m1/s1. The van der Waals surface area contributed by atoms with E-state index in [9.17, 15) is 30.6 Å². The maximum atomic E-state index is 12.2. The first kappa shape index (κ1) is 34.7. The van der Waals surface area contributed by atoms with E-state index in [4.69, 9.17) is 9.47 Å². The molecular formula is C36H62O8. The fourth-order valence-electron chi connectivity index (χ4n) is 11.2. The van der Waals surface area contributed by atoms with Crippen molar-refractivity contribution in [2.75, 3.05) is 6.61 Å². The van der Waals surface area contributed by atoms with E-state index in [1.807, 2.05) is 0 Å². The van der Waals surface area contributed by atoms with Crippen molar-refractivity contribution in [3.63, 3.8) is 0 Å². The van der Waals surface area contributed by atoms with Crippen LogP contribution in [0, 0.1) is 45.3 Å². The summed E-state index contributed by atoms with van der Waals surface area (Å²) in [7, 11) is 0. The number of rotatable bonds is 8. The lowest BCUT2D eigenvalue weighted by Crippen LogP contribution is -2.64. The van der Waals surface area contributed by atoms with Crippen LogP contribution in [0.15, 0.2) is 11.6 Å². The summed E-state index contributed by atoms with van der Waals surface area (Å²) in [4.78, 5) is 0. The van der Waals surface area contributed by atoms with Gasteiger partial charge in [-0.05, 0) is 99.7 Å². The second-order valence-corrected chi connectivity index (χ2v) is 17.3. The smallest absolute Gasteiger partial charge is 0.161 e. The molecule has 0 aromatic carbocycles. The van der Waals surface area contributed by atoms with Gasteiger partial charge in [0.05, 0.1) is 36.6 Å². The maximum Gasteiger partial charge on any atom is 0.161 e. The van der Waals surface area contributed by atoms with E-state index < -0.39 is 42.4 Å². The molecule has 1 unspecified atom stereocenters. The van der Waals surface area contributed by atoms with Crippen LogP contribution in [0.4, 0.5) is 0 Å². The Morgan fingerprint density at radius 1 is 1.02 bits per heavy atom. The Morgan fingerprint density at radius 2 is 1.70 bits per heavy atom. The van der Waals surface area contributed by atoms with Gasteiger partial charge in [-0.3, -0.25) is 0 Å². The molecule has 4 aliphatic carbocycles. The number of hydrogen-bond acceptors (Lipinski definition) is 8. The molecule has 0 aromatic rings. The highest BCUT2D eigenvalue weighted by atomic mass is 16.7. The molecule has 8 heteroatoms. The van der Waals surface area contributed by atoms with Crippen molar-refractivity contribution >= 4 is 0 Å². The van der Waals surface area contributed by atoms with Crippen LogP contribution in [-0.2, 0) is 9.47 Å². The molecule has 254 valence electrons. The minimum atomic E-state index is -1.13. The number of aliphatic hydroxyl groups excluding tert-OH is 5. The normalized spacial score (nSPS) is 48.5. The van der Waals surface area contributed by atoms with Crippen LogP contribution in [0.5, 0.6) is 0 Å². The average molecular weight is 623 g/mol. The first-order valence-electron chi connectivity index (χ1n) is 17.4. The molecule has 6 N–H and O–H groups in total. The largest absolute Gasteiger partial charge is 0.394 e. The van der Waals surface area contributed by atoms with E-state index in [0.29, 0.717) is 24.2 Å². The zero-order valence-electron chi connectivity index (χ0n) is 28.5. The molecule has 5 rings (SSSR count). The van der Waals surface area contributed by atoms with Crippen molar-refractivity contribution in [2.24, 2.45) is 45.3 Å². The molecule has 1 heterocycles. The van der Waals surface area contributed by atoms with Gasteiger partial charge in [-0.2, -0.15) is 0 Å². The Balaban J connectivity index is 1.36. The molecule has 0 spiro atoms. The van der Waals surface area contributed by atoms with Crippen LogP contribution >= 0.6 is 0 Å². The topological polar surface area (TPSA) is 140 Å². The molecule has 0 aromatic heterocycles. The highest BCUT2D eigenvalue weighted by molar-refractivity contribution is 5.31. The van der Waals surface area contributed by atoms with E-state index in [2.05, 4.69) is 47.6 Å². The van der Waals surface area contributed by atoms with Crippen LogP contribution in [0.3, 0.4) is 0 Å². The molecule has 1 aliphatic heterocycles. The summed E-state index contributed by atoms with van der Waals surface area (Å²) in [6.07, 6.45) is 4.77. The lowest BCUT2D eigenvalue weighted by Gasteiger charge is -2.67. The highest BCUT2D eigenvalue weighted by Gasteiger charge is 2.70. The molecule has 3 saturated carbocycles. The predicted molar refractivity (Wildman–Crippen MR) is 168 cm³/mol. The molecule has 5 aliphatic rings. The minimum absolute atomic E-state index is 0.0101. The fourth-order valence-corrected chi connectivity index (χ4v) is 11.2. The lowest BCUT2D eigenvalue weighted by molar-refractivity contribution is -0.282. The zero-order valence-corrected chi connectivity index (χ0v) is 28.5. The van der Waals surface area contributed by atoms with E-state index >= 15 is 0 Å². The van der Waals surface area contributed by atoms with Crippen molar-refractivity contribution in [1.29, 1.82) is 0 Å². The summed E-state index contributed by atoms with van der Waals surface area (Å²) in [6, 6.07) is 0. The number of fused-ring (bicyclic) bond motifs is 5. The van der Waals surface area contributed by atoms with E-state index in [-0.39, 0.29) is 46.7 Å². The van der Waals surface area contributed by atoms with E-state index in [0.717, 1.165) is 44.9 Å². The Bertz CT molecular complexity index is 1070. The molecular weight excluding hydrogens is 560 g/mol. The van der Waals surface area contributed by atoms with Crippen LogP contribution in [0.1, 0.15) is 113 Å². The molecule has 1 saturated heterocycles. The monoisotopic (exact) mass is 622 g/mol. The third kappa shape index (κ3) is 5.35. The summed E-state index contributed by atoms with van der Waals surface area (Å²) in [6.45, 7) is 17.0. The molecule has 8 nitrogen and oxygen atoms in total. The van der Waals surface area contributed by atoms with E-state index in [1.54, 1.807) is 13.8 Å². The number of allylic oxidation sites excluding steroid dienone is 1. The van der Waals surface area contributed by atoms with Crippen molar-refractivity contribution in [1.82, 2.24) is 0 Å². The van der Waals surface area contributed by atoms with Crippen LogP contribution < -0.4 is 0 Å². The van der Waals surface area contributed by atoms with Gasteiger partial charge in [-0.15, -0.1) is 0 Å².